The molecule has 0 saturated heterocycles. The van der Waals surface area contributed by atoms with E-state index in [1.807, 2.05) is 0 Å². The van der Waals surface area contributed by atoms with Crippen molar-refractivity contribution in [3.63, 3.8) is 0 Å². The molecule has 0 atom stereocenters. The highest BCUT2D eigenvalue weighted by molar-refractivity contribution is 5.67. The fraction of sp³-hybridized carbons (Fsp3) is 0.400. The second-order valence-corrected chi connectivity index (χ2v) is 6.06. The Morgan fingerprint density at radius 1 is 0.950 bits per heavy atom. The van der Waals surface area contributed by atoms with E-state index in [2.05, 4.69) is 69.3 Å². The highest BCUT2D eigenvalue weighted by Gasteiger charge is 2.07. The smallest absolute Gasteiger partial charge is 0.0152 e. The van der Waals surface area contributed by atoms with Crippen molar-refractivity contribution in [3.8, 4) is 11.1 Å². The lowest BCUT2D eigenvalue weighted by molar-refractivity contribution is 0.646. The highest BCUT2D eigenvalue weighted by atomic mass is 14.1. The van der Waals surface area contributed by atoms with Crippen molar-refractivity contribution in [2.45, 2.75) is 46.5 Å². The van der Waals surface area contributed by atoms with Crippen LogP contribution < -0.4 is 0 Å². The molecule has 0 heteroatoms. The molecule has 2 rings (SSSR count). The van der Waals surface area contributed by atoms with Gasteiger partial charge in [0, 0.05) is 0 Å². The standard InChI is InChI=1S/C20H26/c1-4-5-9-19-15-17(14-16(2)3)12-13-20(19)18-10-7-6-8-11-18/h6-8,10-13,15-16H,4-5,9,14H2,1-3H3. The second kappa shape index (κ2) is 7.28. The van der Waals surface area contributed by atoms with Gasteiger partial charge in [-0.2, -0.15) is 0 Å². The summed E-state index contributed by atoms with van der Waals surface area (Å²) in [6.07, 6.45) is 4.88. The SMILES string of the molecule is CCCCc1cc(CC(C)C)ccc1-c1ccccc1. The van der Waals surface area contributed by atoms with E-state index in [1.54, 1.807) is 0 Å². The predicted molar refractivity (Wildman–Crippen MR) is 89.0 cm³/mol. The van der Waals surface area contributed by atoms with Crippen LogP contribution in [0.5, 0.6) is 0 Å². The quantitative estimate of drug-likeness (QED) is 0.611. The van der Waals surface area contributed by atoms with Crippen LogP contribution in [0.2, 0.25) is 0 Å². The van der Waals surface area contributed by atoms with Gasteiger partial charge in [0.05, 0.1) is 0 Å². The molecule has 0 aliphatic carbocycles. The predicted octanol–water partition coefficient (Wildman–Crippen LogP) is 5.89. The normalized spacial score (nSPS) is 11.0. The molecule has 0 nitrogen and oxygen atoms in total. The van der Waals surface area contributed by atoms with Gasteiger partial charge in [-0.3, -0.25) is 0 Å². The van der Waals surface area contributed by atoms with E-state index in [9.17, 15) is 0 Å². The van der Waals surface area contributed by atoms with Gasteiger partial charge in [0.15, 0.2) is 0 Å². The summed E-state index contributed by atoms with van der Waals surface area (Å²) in [7, 11) is 0. The summed E-state index contributed by atoms with van der Waals surface area (Å²) >= 11 is 0. The van der Waals surface area contributed by atoms with Crippen LogP contribution >= 0.6 is 0 Å². The molecule has 2 aromatic rings. The Hall–Kier alpha value is -1.56. The first-order valence-electron chi connectivity index (χ1n) is 7.88. The van der Waals surface area contributed by atoms with Crippen LogP contribution in [-0.4, -0.2) is 0 Å². The monoisotopic (exact) mass is 266 g/mol. The molecule has 2 aromatic carbocycles. The Morgan fingerprint density at radius 3 is 2.35 bits per heavy atom. The lowest BCUT2D eigenvalue weighted by atomic mass is 9.92. The number of aryl methyl sites for hydroxylation is 1. The minimum absolute atomic E-state index is 0.719. The first-order chi connectivity index (χ1) is 9.70. The molecule has 0 heterocycles. The Kier molecular flexibility index (Phi) is 5.40. The van der Waals surface area contributed by atoms with E-state index in [0.29, 0.717) is 0 Å². The molecule has 0 bridgehead atoms. The lowest BCUT2D eigenvalue weighted by Crippen LogP contribution is -1.97. The molecule has 0 amide bonds. The Morgan fingerprint density at radius 2 is 1.70 bits per heavy atom. The zero-order valence-electron chi connectivity index (χ0n) is 13.0. The topological polar surface area (TPSA) is 0 Å². The van der Waals surface area contributed by atoms with E-state index in [-0.39, 0.29) is 0 Å². The van der Waals surface area contributed by atoms with Crippen LogP contribution in [0.3, 0.4) is 0 Å². The third-order valence-corrected chi connectivity index (χ3v) is 3.70. The van der Waals surface area contributed by atoms with Gasteiger partial charge in [-0.05, 0) is 47.4 Å². The molecule has 0 aromatic heterocycles. The maximum atomic E-state index is 2.43. The number of hydrogen-bond acceptors (Lipinski definition) is 0. The maximum Gasteiger partial charge on any atom is -0.0152 e. The third-order valence-electron chi connectivity index (χ3n) is 3.70. The Labute approximate surface area is 123 Å². The first kappa shape index (κ1) is 14.8. The second-order valence-electron chi connectivity index (χ2n) is 6.06. The molecule has 0 unspecified atom stereocenters. The third kappa shape index (κ3) is 3.96. The van der Waals surface area contributed by atoms with Crippen molar-refractivity contribution in [1.29, 1.82) is 0 Å². The minimum Gasteiger partial charge on any atom is -0.0654 e. The van der Waals surface area contributed by atoms with Gasteiger partial charge in [-0.15, -0.1) is 0 Å². The molecule has 20 heavy (non-hydrogen) atoms. The molecular weight excluding hydrogens is 240 g/mol. The minimum atomic E-state index is 0.719. The summed E-state index contributed by atoms with van der Waals surface area (Å²) in [4.78, 5) is 0. The van der Waals surface area contributed by atoms with Crippen molar-refractivity contribution in [2.24, 2.45) is 5.92 Å². The molecule has 0 radical (unpaired) electrons. The molecule has 0 fully saturated rings. The molecule has 0 saturated carbocycles. The van der Waals surface area contributed by atoms with Crippen LogP contribution in [0.4, 0.5) is 0 Å². The van der Waals surface area contributed by atoms with Gasteiger partial charge in [0.2, 0.25) is 0 Å². The van der Waals surface area contributed by atoms with Crippen molar-refractivity contribution in [3.05, 3.63) is 59.7 Å². The summed E-state index contributed by atoms with van der Waals surface area (Å²) in [5.74, 6) is 0.719. The average molecular weight is 266 g/mol. The van der Waals surface area contributed by atoms with Crippen LogP contribution in [0.1, 0.15) is 44.7 Å². The molecular formula is C20H26. The summed E-state index contributed by atoms with van der Waals surface area (Å²) in [6, 6.07) is 17.8. The van der Waals surface area contributed by atoms with Crippen molar-refractivity contribution >= 4 is 0 Å². The van der Waals surface area contributed by atoms with E-state index in [4.69, 9.17) is 0 Å². The molecule has 0 aliphatic rings. The van der Waals surface area contributed by atoms with Gasteiger partial charge in [-0.1, -0.05) is 75.7 Å². The highest BCUT2D eigenvalue weighted by Crippen LogP contribution is 2.27. The number of unbranched alkanes of at least 4 members (excludes halogenated alkanes) is 1. The number of rotatable bonds is 6. The Balaban J connectivity index is 2.35. The van der Waals surface area contributed by atoms with Gasteiger partial charge >= 0.3 is 0 Å². The van der Waals surface area contributed by atoms with Crippen LogP contribution in [0, 0.1) is 5.92 Å². The van der Waals surface area contributed by atoms with Gasteiger partial charge in [0.25, 0.3) is 0 Å². The zero-order valence-corrected chi connectivity index (χ0v) is 13.0. The van der Waals surface area contributed by atoms with Gasteiger partial charge in [0.1, 0.15) is 0 Å². The summed E-state index contributed by atoms with van der Waals surface area (Å²) in [5.41, 5.74) is 5.74. The largest absolute Gasteiger partial charge is 0.0654 e. The van der Waals surface area contributed by atoms with Crippen LogP contribution in [0.25, 0.3) is 11.1 Å². The molecule has 106 valence electrons. The van der Waals surface area contributed by atoms with Crippen molar-refractivity contribution in [2.75, 3.05) is 0 Å². The fourth-order valence-electron chi connectivity index (χ4n) is 2.72. The lowest BCUT2D eigenvalue weighted by Gasteiger charge is -2.13. The Bertz CT molecular complexity index is 523. The number of benzene rings is 2. The van der Waals surface area contributed by atoms with Crippen LogP contribution in [0.15, 0.2) is 48.5 Å². The van der Waals surface area contributed by atoms with Crippen molar-refractivity contribution < 1.29 is 0 Å². The summed E-state index contributed by atoms with van der Waals surface area (Å²) < 4.78 is 0. The van der Waals surface area contributed by atoms with E-state index in [1.165, 1.54) is 47.9 Å². The van der Waals surface area contributed by atoms with Crippen molar-refractivity contribution in [1.82, 2.24) is 0 Å². The fourth-order valence-corrected chi connectivity index (χ4v) is 2.72. The van der Waals surface area contributed by atoms with Gasteiger partial charge in [-0.25, -0.2) is 0 Å². The molecule has 0 N–H and O–H groups in total. The van der Waals surface area contributed by atoms with E-state index in [0.717, 1.165) is 5.92 Å². The summed E-state index contributed by atoms with van der Waals surface area (Å²) in [6.45, 7) is 6.84. The first-order valence-corrected chi connectivity index (χ1v) is 7.88. The average Bonchev–Trinajstić information content (AvgIpc) is 2.45. The van der Waals surface area contributed by atoms with E-state index < -0.39 is 0 Å². The van der Waals surface area contributed by atoms with Crippen LogP contribution in [-0.2, 0) is 12.8 Å². The molecule has 0 spiro atoms. The summed E-state index contributed by atoms with van der Waals surface area (Å²) in [5, 5.41) is 0. The maximum absolute atomic E-state index is 2.43. The molecule has 0 aliphatic heterocycles. The van der Waals surface area contributed by atoms with E-state index >= 15 is 0 Å². The van der Waals surface area contributed by atoms with Gasteiger partial charge < -0.3 is 0 Å². The number of hydrogen-bond donors (Lipinski definition) is 0. The zero-order chi connectivity index (χ0) is 14.4.